The van der Waals surface area contributed by atoms with Crippen LogP contribution in [0.25, 0.3) is 0 Å². The molecular formula is C13H20N2O3S. The number of carbonyl (C=O) groups excluding carboxylic acids is 1. The summed E-state index contributed by atoms with van der Waals surface area (Å²) in [5.74, 6) is 0.529. The molecule has 2 rings (SSSR count). The van der Waals surface area contributed by atoms with Crippen LogP contribution in [0, 0.1) is 0 Å². The van der Waals surface area contributed by atoms with Gasteiger partial charge in [-0.3, -0.25) is 4.79 Å². The standard InChI is InChI=1S/C13H20N2O3S/c1-7(2)18-11-10(14)12(8(3)16)19-13(11)15-5-4-9(17)6-15/h7,9,17H,4-6,14H2,1-3H3. The van der Waals surface area contributed by atoms with Crippen molar-refractivity contribution in [3.63, 3.8) is 0 Å². The van der Waals surface area contributed by atoms with Gasteiger partial charge in [0.2, 0.25) is 0 Å². The number of aliphatic hydroxyl groups excluding tert-OH is 1. The first kappa shape index (κ1) is 14.1. The molecule has 0 saturated carbocycles. The third-order valence-corrected chi connectivity index (χ3v) is 4.35. The predicted molar refractivity (Wildman–Crippen MR) is 77.3 cm³/mol. The molecule has 1 aromatic heterocycles. The maximum absolute atomic E-state index is 11.6. The minimum absolute atomic E-state index is 0.0111. The highest BCUT2D eigenvalue weighted by atomic mass is 32.1. The zero-order chi connectivity index (χ0) is 14.2. The van der Waals surface area contributed by atoms with Crippen molar-refractivity contribution >= 4 is 27.8 Å². The molecule has 2 heterocycles. The second-order valence-electron chi connectivity index (χ2n) is 5.09. The number of hydrogen-bond donors (Lipinski definition) is 2. The zero-order valence-electron chi connectivity index (χ0n) is 11.5. The summed E-state index contributed by atoms with van der Waals surface area (Å²) in [6.07, 6.45) is 0.396. The number of carbonyl (C=O) groups is 1. The van der Waals surface area contributed by atoms with Crippen LogP contribution in [0.2, 0.25) is 0 Å². The number of ether oxygens (including phenoxy) is 1. The Morgan fingerprint density at radius 1 is 1.58 bits per heavy atom. The van der Waals surface area contributed by atoms with E-state index in [0.29, 0.717) is 22.9 Å². The monoisotopic (exact) mass is 284 g/mol. The van der Waals surface area contributed by atoms with Crippen LogP contribution in [0.3, 0.4) is 0 Å². The summed E-state index contributed by atoms with van der Waals surface area (Å²) in [5, 5.41) is 10.5. The lowest BCUT2D eigenvalue weighted by atomic mass is 10.3. The number of thiophene rings is 1. The van der Waals surface area contributed by atoms with Gasteiger partial charge in [-0.15, -0.1) is 11.3 Å². The summed E-state index contributed by atoms with van der Waals surface area (Å²) in [4.78, 5) is 14.2. The van der Waals surface area contributed by atoms with Gasteiger partial charge in [-0.25, -0.2) is 0 Å². The van der Waals surface area contributed by atoms with E-state index in [-0.39, 0.29) is 18.0 Å². The van der Waals surface area contributed by atoms with E-state index >= 15 is 0 Å². The molecule has 1 fully saturated rings. The van der Waals surface area contributed by atoms with Gasteiger partial charge in [-0.1, -0.05) is 0 Å². The van der Waals surface area contributed by atoms with E-state index in [4.69, 9.17) is 10.5 Å². The van der Waals surface area contributed by atoms with Crippen molar-refractivity contribution in [2.75, 3.05) is 23.7 Å². The first-order chi connectivity index (χ1) is 8.90. The summed E-state index contributed by atoms with van der Waals surface area (Å²) in [5.41, 5.74) is 6.45. The zero-order valence-corrected chi connectivity index (χ0v) is 12.3. The van der Waals surface area contributed by atoms with Crippen LogP contribution in [0.5, 0.6) is 5.75 Å². The van der Waals surface area contributed by atoms with Crippen LogP contribution in [0.15, 0.2) is 0 Å². The predicted octanol–water partition coefficient (Wildman–Crippen LogP) is 1.89. The van der Waals surface area contributed by atoms with Crippen LogP contribution in [-0.2, 0) is 0 Å². The number of nitrogens with two attached hydrogens (primary N) is 1. The molecule has 1 atom stereocenters. The molecule has 106 valence electrons. The number of anilines is 2. The maximum Gasteiger partial charge on any atom is 0.177 e. The van der Waals surface area contributed by atoms with Gasteiger partial charge in [0.25, 0.3) is 0 Å². The van der Waals surface area contributed by atoms with Crippen LogP contribution in [0.4, 0.5) is 10.7 Å². The SMILES string of the molecule is CC(=O)c1sc(N2CCC(O)C2)c(OC(C)C)c1N. The highest BCUT2D eigenvalue weighted by Crippen LogP contribution is 2.46. The average molecular weight is 284 g/mol. The van der Waals surface area contributed by atoms with Crippen molar-refractivity contribution in [1.82, 2.24) is 0 Å². The van der Waals surface area contributed by atoms with E-state index in [1.165, 1.54) is 18.3 Å². The average Bonchev–Trinajstić information content (AvgIpc) is 2.84. The largest absolute Gasteiger partial charge is 0.486 e. The third-order valence-electron chi connectivity index (χ3n) is 3.01. The minimum Gasteiger partial charge on any atom is -0.486 e. The van der Waals surface area contributed by atoms with Crippen molar-refractivity contribution in [2.45, 2.75) is 39.4 Å². The molecule has 1 unspecified atom stereocenters. The number of nitrogens with zero attached hydrogens (tertiary/aromatic N) is 1. The van der Waals surface area contributed by atoms with E-state index in [2.05, 4.69) is 0 Å². The van der Waals surface area contributed by atoms with Crippen LogP contribution in [0.1, 0.15) is 36.9 Å². The molecule has 1 saturated heterocycles. The first-order valence-corrected chi connectivity index (χ1v) is 7.24. The van der Waals surface area contributed by atoms with Crippen LogP contribution < -0.4 is 15.4 Å². The number of hydrogen-bond acceptors (Lipinski definition) is 6. The van der Waals surface area contributed by atoms with Crippen LogP contribution in [-0.4, -0.2) is 36.2 Å². The number of Topliss-reactive ketones (excluding diaryl/α,β-unsaturated/α-hetero) is 1. The van der Waals surface area contributed by atoms with Crippen molar-refractivity contribution in [2.24, 2.45) is 0 Å². The summed E-state index contributed by atoms with van der Waals surface area (Å²) in [6.45, 7) is 6.67. The van der Waals surface area contributed by atoms with E-state index < -0.39 is 0 Å². The smallest absolute Gasteiger partial charge is 0.177 e. The Kier molecular flexibility index (Phi) is 4.01. The summed E-state index contributed by atoms with van der Waals surface area (Å²) in [7, 11) is 0. The number of nitrogen functional groups attached to an aromatic ring is 1. The molecule has 5 nitrogen and oxygen atoms in total. The molecule has 0 aromatic carbocycles. The maximum atomic E-state index is 11.6. The Morgan fingerprint density at radius 3 is 2.74 bits per heavy atom. The van der Waals surface area contributed by atoms with E-state index in [0.717, 1.165) is 18.0 Å². The lowest BCUT2D eigenvalue weighted by Gasteiger charge is -2.19. The molecule has 0 bridgehead atoms. The minimum atomic E-state index is -0.323. The molecule has 1 aliphatic rings. The number of β-amino-alcohol motifs (C(OH)–C–C–N with tert-alkyl or cyclic N) is 1. The fourth-order valence-electron chi connectivity index (χ4n) is 2.16. The molecule has 1 aromatic rings. The fraction of sp³-hybridized carbons (Fsp3) is 0.615. The fourth-order valence-corrected chi connectivity index (χ4v) is 3.25. The van der Waals surface area contributed by atoms with Gasteiger partial charge in [-0.2, -0.15) is 0 Å². The van der Waals surface area contributed by atoms with E-state index in [1.54, 1.807) is 0 Å². The summed E-state index contributed by atoms with van der Waals surface area (Å²) >= 11 is 1.35. The van der Waals surface area contributed by atoms with Crippen molar-refractivity contribution in [1.29, 1.82) is 0 Å². The Balaban J connectivity index is 2.40. The van der Waals surface area contributed by atoms with Gasteiger partial charge in [-0.05, 0) is 20.3 Å². The molecule has 6 heteroatoms. The number of rotatable bonds is 4. The van der Waals surface area contributed by atoms with Crippen LogP contribution >= 0.6 is 11.3 Å². The molecule has 3 N–H and O–H groups in total. The van der Waals surface area contributed by atoms with Gasteiger partial charge in [0, 0.05) is 20.0 Å². The van der Waals surface area contributed by atoms with E-state index in [9.17, 15) is 9.90 Å². The highest BCUT2D eigenvalue weighted by Gasteiger charge is 2.29. The topological polar surface area (TPSA) is 75.8 Å². The first-order valence-electron chi connectivity index (χ1n) is 6.43. The van der Waals surface area contributed by atoms with Gasteiger partial charge in [0.15, 0.2) is 11.5 Å². The molecule has 0 spiro atoms. The van der Waals surface area contributed by atoms with Gasteiger partial charge in [0.1, 0.15) is 5.00 Å². The van der Waals surface area contributed by atoms with E-state index in [1.807, 2.05) is 18.7 Å². The molecule has 0 amide bonds. The normalized spacial score (nSPS) is 19.2. The number of ketones is 1. The van der Waals surface area contributed by atoms with Crippen molar-refractivity contribution < 1.29 is 14.6 Å². The lowest BCUT2D eigenvalue weighted by Crippen LogP contribution is -2.21. The quantitative estimate of drug-likeness (QED) is 0.826. The van der Waals surface area contributed by atoms with Gasteiger partial charge in [0.05, 0.1) is 22.8 Å². The second-order valence-corrected chi connectivity index (χ2v) is 6.09. The molecule has 0 aliphatic carbocycles. The molecular weight excluding hydrogens is 264 g/mol. The third kappa shape index (κ3) is 2.84. The van der Waals surface area contributed by atoms with Crippen molar-refractivity contribution in [3.8, 4) is 5.75 Å². The molecule has 1 aliphatic heterocycles. The van der Waals surface area contributed by atoms with Crippen molar-refractivity contribution in [3.05, 3.63) is 4.88 Å². The second kappa shape index (κ2) is 5.38. The van der Waals surface area contributed by atoms with Gasteiger partial charge >= 0.3 is 0 Å². The Labute approximate surface area is 117 Å². The molecule has 0 radical (unpaired) electrons. The summed E-state index contributed by atoms with van der Waals surface area (Å²) < 4.78 is 5.76. The Hall–Kier alpha value is -1.27. The Morgan fingerprint density at radius 2 is 2.26 bits per heavy atom. The van der Waals surface area contributed by atoms with Gasteiger partial charge < -0.3 is 20.5 Å². The number of aliphatic hydroxyl groups is 1. The highest BCUT2D eigenvalue weighted by molar-refractivity contribution is 7.19. The molecule has 19 heavy (non-hydrogen) atoms. The Bertz CT molecular complexity index is 484. The lowest BCUT2D eigenvalue weighted by molar-refractivity contribution is 0.102. The summed E-state index contributed by atoms with van der Waals surface area (Å²) in [6, 6.07) is 0.